The van der Waals surface area contributed by atoms with E-state index in [9.17, 15) is 0 Å². The van der Waals surface area contributed by atoms with Gasteiger partial charge < -0.3 is 4.42 Å². The lowest BCUT2D eigenvalue weighted by Crippen LogP contribution is -2.55. The maximum atomic E-state index is 7.01. The van der Waals surface area contributed by atoms with Crippen LogP contribution in [0.25, 0.3) is 87.6 Å². The molecule has 68 heavy (non-hydrogen) atoms. The molecule has 9 rings (SSSR count). The molecule has 0 unspecified atom stereocenters. The first-order chi connectivity index (χ1) is 31.7. The van der Waals surface area contributed by atoms with Crippen LogP contribution in [0, 0.1) is 0 Å². The molecule has 0 aliphatic heterocycles. The Morgan fingerprint density at radius 2 is 0.456 bits per heavy atom. The Balaban J connectivity index is 1.52. The molecule has 8 aromatic carbocycles. The van der Waals surface area contributed by atoms with Crippen molar-refractivity contribution in [3.63, 3.8) is 0 Å². The second kappa shape index (κ2) is 16.5. The molecule has 0 saturated carbocycles. The average molecular weight is 842 g/mol. The quantitative estimate of drug-likeness (QED) is 0.128. The Kier molecular flexibility index (Phi) is 11.9. The van der Waals surface area contributed by atoms with Crippen molar-refractivity contribution in [2.75, 3.05) is 0 Å². The summed E-state index contributed by atoms with van der Waals surface area (Å²) in [6.45, 7) is 0. The first-order valence-electron chi connectivity index (χ1n) is 25.2. The van der Waals surface area contributed by atoms with E-state index >= 15 is 0 Å². The first-order valence-corrected chi connectivity index (χ1v) is 25.2. The molecule has 0 saturated heterocycles. The van der Waals surface area contributed by atoms with E-state index in [4.69, 9.17) is 4.42 Å². The lowest BCUT2D eigenvalue weighted by atomic mass is 9.55. The summed E-state index contributed by atoms with van der Waals surface area (Å²) < 4.78 is 7.01. The van der Waals surface area contributed by atoms with Crippen LogP contribution in [0.1, 0.15) is 0 Å². The van der Waals surface area contributed by atoms with Gasteiger partial charge in [-0.15, -0.1) is 49.2 Å². The average Bonchev–Trinajstić information content (AvgIpc) is 3.70. The molecule has 300 valence electrons. The first kappa shape index (κ1) is 49.0. The minimum absolute atomic E-state index is 0.994. The highest BCUT2D eigenvalue weighted by molar-refractivity contribution is 6.76. The third-order valence-electron chi connectivity index (χ3n) is 19.4. The van der Waals surface area contributed by atoms with Crippen LogP contribution in [0.5, 0.6) is 0 Å². The van der Waals surface area contributed by atoms with Crippen molar-refractivity contribution in [1.82, 2.24) is 0 Å². The maximum Gasteiger partial charge on any atom is 0.145 e. The number of fused-ring (bicyclic) bond motifs is 6. The van der Waals surface area contributed by atoms with Gasteiger partial charge in [0.05, 0.1) is 0 Å². The fourth-order valence-electron chi connectivity index (χ4n) is 13.4. The van der Waals surface area contributed by atoms with Gasteiger partial charge >= 0.3 is 0 Å². The van der Waals surface area contributed by atoms with Crippen molar-refractivity contribution in [2.24, 2.45) is 0 Å². The summed E-state index contributed by atoms with van der Waals surface area (Å²) in [5.74, 6) is 0. The highest BCUT2D eigenvalue weighted by Crippen LogP contribution is 2.39. The fraction of sp³-hybridized carbons (Fsp3) is 0. The molecule has 0 fully saturated rings. The summed E-state index contributed by atoms with van der Waals surface area (Å²) in [5.41, 5.74) is 44.6. The van der Waals surface area contributed by atoms with Gasteiger partial charge in [-0.05, 0) is 77.2 Å². The molecule has 0 bridgehead atoms. The molecule has 1 heterocycles. The summed E-state index contributed by atoms with van der Waals surface area (Å²) in [5, 5.41) is 10.9. The van der Waals surface area contributed by atoms with E-state index in [1.165, 1.54) is 213 Å². The van der Waals surface area contributed by atoms with Gasteiger partial charge in [-0.25, -0.2) is 0 Å². The third kappa shape index (κ3) is 6.25. The van der Waals surface area contributed by atoms with Crippen LogP contribution >= 0.6 is 0 Å². The van der Waals surface area contributed by atoms with Gasteiger partial charge in [0.25, 0.3) is 0 Å². The standard InChI is InChI=1S/C42H51B25O/c43-2-1-3-4(20(46)18(2)44)17-19(45)15-12(33(59)42(17)68-3)11(25(51)34(60)32(15)58)16-28(54)26(52)13(27(53)29(16)55)5-7-9(23(49)37(63)35(61)21(7)47)6(10-8(5)22(48)36(62)38(64)24(10)50)14-30(56)39(65)41(67)40(66)31(14)57/h1H,43-67H2. The van der Waals surface area contributed by atoms with Crippen molar-refractivity contribution >= 4 is 387 Å². The molecule has 0 amide bonds. The Bertz CT molecular complexity index is 3770. The van der Waals surface area contributed by atoms with Crippen molar-refractivity contribution in [1.29, 1.82) is 0 Å². The van der Waals surface area contributed by atoms with E-state index < -0.39 is 0 Å². The molecule has 0 aliphatic rings. The SMILES string of the molecule is Bc1cc2oc3c(B)c4c(-c5c(B)c(B)c(-c6c7c(B)c(B)c(B)c(B)c7c(-c7c(B)c(B)c(B)c(B)c7B)c7c(B)c(B)c(B)c(B)c67)c(B)c5B)c(B)c(B)c(B)c4c(B)c3c2c(B)c1B. The van der Waals surface area contributed by atoms with Gasteiger partial charge in [0.15, 0.2) is 0 Å². The minimum Gasteiger partial charge on any atom is -0.457 e. The monoisotopic (exact) mass is 847 g/mol. The van der Waals surface area contributed by atoms with Gasteiger partial charge in [-0.1, -0.05) is 81.9 Å². The summed E-state index contributed by atoms with van der Waals surface area (Å²) in [7, 11) is 59.0. The predicted octanol–water partition coefficient (Wildman–Crippen LogP) is -31.5. The number of hydrogen-bond acceptors (Lipinski definition) is 1. The van der Waals surface area contributed by atoms with E-state index in [0.29, 0.717) is 0 Å². The Hall–Kier alpha value is -4.04. The smallest absolute Gasteiger partial charge is 0.145 e. The van der Waals surface area contributed by atoms with Gasteiger partial charge in [-0.2, -0.15) is 0 Å². The largest absolute Gasteiger partial charge is 0.457 e. The summed E-state index contributed by atoms with van der Waals surface area (Å²) >= 11 is 0. The normalized spacial score (nSPS) is 11.8. The molecule has 26 heteroatoms. The summed E-state index contributed by atoms with van der Waals surface area (Å²) in [6, 6.07) is 2.26. The fourth-order valence-corrected chi connectivity index (χ4v) is 13.4. The zero-order valence-electron chi connectivity index (χ0n) is 46.5. The molecular weight excluding hydrogens is 791 g/mol. The molecule has 0 aliphatic carbocycles. The van der Waals surface area contributed by atoms with E-state index in [2.05, 4.69) is 202 Å². The zero-order valence-corrected chi connectivity index (χ0v) is 46.5. The summed E-state index contributed by atoms with van der Waals surface area (Å²) in [6.07, 6.45) is 0. The zero-order chi connectivity index (χ0) is 50.1. The lowest BCUT2D eigenvalue weighted by Gasteiger charge is -2.32. The van der Waals surface area contributed by atoms with Gasteiger partial charge in [0.2, 0.25) is 0 Å². The van der Waals surface area contributed by atoms with E-state index in [1.54, 1.807) is 0 Å². The Morgan fingerprint density at radius 1 is 0.191 bits per heavy atom. The molecule has 0 N–H and O–H groups in total. The molecule has 0 spiro atoms. The number of furan rings is 1. The van der Waals surface area contributed by atoms with Crippen molar-refractivity contribution < 1.29 is 4.42 Å². The maximum absolute atomic E-state index is 7.01. The lowest BCUT2D eigenvalue weighted by molar-refractivity contribution is 0.672. The number of hydrogen-bond donors (Lipinski definition) is 0. The molecule has 1 aromatic heterocycles. The third-order valence-corrected chi connectivity index (χ3v) is 19.4. The number of benzene rings is 8. The van der Waals surface area contributed by atoms with Crippen molar-refractivity contribution in [3.8, 4) is 33.4 Å². The molecular formula is C42H51B25O. The topological polar surface area (TPSA) is 13.1 Å². The van der Waals surface area contributed by atoms with Gasteiger partial charge in [0, 0.05) is 10.8 Å². The van der Waals surface area contributed by atoms with E-state index in [-0.39, 0.29) is 0 Å². The van der Waals surface area contributed by atoms with E-state index in [1.807, 2.05) is 0 Å². The predicted molar refractivity (Wildman–Crippen MR) is 387 cm³/mol. The molecule has 0 atom stereocenters. The van der Waals surface area contributed by atoms with Crippen LogP contribution < -0.4 is 137 Å². The minimum atomic E-state index is 0.994. The van der Waals surface area contributed by atoms with Gasteiger partial charge in [-0.3, -0.25) is 0 Å². The molecule has 0 radical (unpaired) electrons. The van der Waals surface area contributed by atoms with Crippen LogP contribution in [-0.4, -0.2) is 196 Å². The van der Waals surface area contributed by atoms with Crippen LogP contribution in [0.15, 0.2) is 10.5 Å². The van der Waals surface area contributed by atoms with Crippen LogP contribution in [0.4, 0.5) is 0 Å². The van der Waals surface area contributed by atoms with Crippen LogP contribution in [-0.2, 0) is 0 Å². The van der Waals surface area contributed by atoms with Crippen molar-refractivity contribution in [3.05, 3.63) is 6.07 Å². The number of rotatable bonds is 3. The highest BCUT2D eigenvalue weighted by Gasteiger charge is 2.31. The van der Waals surface area contributed by atoms with Crippen molar-refractivity contribution in [2.45, 2.75) is 0 Å². The molecule has 9 aromatic rings. The second-order valence-corrected chi connectivity index (χ2v) is 21.9. The van der Waals surface area contributed by atoms with E-state index in [0.717, 1.165) is 11.2 Å². The van der Waals surface area contributed by atoms with Crippen LogP contribution in [0.2, 0.25) is 0 Å². The summed E-state index contributed by atoms with van der Waals surface area (Å²) in [4.78, 5) is 0. The second-order valence-electron chi connectivity index (χ2n) is 21.9. The van der Waals surface area contributed by atoms with Gasteiger partial charge in [0.1, 0.15) is 207 Å². The Morgan fingerprint density at radius 3 is 0.853 bits per heavy atom. The van der Waals surface area contributed by atoms with Crippen LogP contribution in [0.3, 0.4) is 0 Å². The molecule has 1 nitrogen and oxygen atoms in total. The highest BCUT2D eigenvalue weighted by atomic mass is 16.3. The Labute approximate surface area is 428 Å².